The third kappa shape index (κ3) is 3.96. The summed E-state index contributed by atoms with van der Waals surface area (Å²) in [5, 5.41) is 0.605. The van der Waals surface area contributed by atoms with Gasteiger partial charge in [0.15, 0.2) is 5.82 Å². The maximum Gasteiger partial charge on any atom is 0.544 e. The molecule has 0 unspecified atom stereocenters. The van der Waals surface area contributed by atoms with Crippen molar-refractivity contribution in [3.63, 3.8) is 0 Å². The van der Waals surface area contributed by atoms with Gasteiger partial charge >= 0.3 is 6.36 Å². The Kier molecular flexibility index (Phi) is 4.57. The van der Waals surface area contributed by atoms with Crippen molar-refractivity contribution >= 4 is 23.3 Å². The number of rotatable bonds is 4. The third-order valence-corrected chi connectivity index (χ3v) is 3.29. The quantitative estimate of drug-likeness (QED) is 0.795. The van der Waals surface area contributed by atoms with E-state index in [1.165, 1.54) is 36.8 Å². The molecule has 0 fully saturated rings. The Morgan fingerprint density at radius 1 is 1.12 bits per heavy atom. The third-order valence-electron chi connectivity index (χ3n) is 3.29. The number of halogens is 3. The Morgan fingerprint density at radius 2 is 2.00 bits per heavy atom. The largest absolute Gasteiger partial charge is 0.544 e. The lowest BCUT2D eigenvalue weighted by atomic mass is 10.0. The number of aromatic nitrogens is 2. The Labute approximate surface area is 136 Å². The lowest BCUT2D eigenvalue weighted by molar-refractivity contribution is -0.325. The fourth-order valence-corrected chi connectivity index (χ4v) is 2.22. The summed E-state index contributed by atoms with van der Waals surface area (Å²) >= 11 is 0. The van der Waals surface area contributed by atoms with Gasteiger partial charge in [-0.3, -0.25) is 9.98 Å². The molecule has 3 heterocycles. The van der Waals surface area contributed by atoms with Crippen molar-refractivity contribution in [1.29, 1.82) is 0 Å². The van der Waals surface area contributed by atoms with E-state index >= 15 is 0 Å². The molecular weight excluding hydrogens is 321 g/mol. The van der Waals surface area contributed by atoms with Crippen molar-refractivity contribution < 1.29 is 18.0 Å². The molecule has 3 rings (SSSR count). The highest BCUT2D eigenvalue weighted by Gasteiger charge is 2.35. The summed E-state index contributed by atoms with van der Waals surface area (Å²) in [5.74, 6) is 0.00847. The van der Waals surface area contributed by atoms with Crippen LogP contribution in [0.25, 0.3) is 5.57 Å². The average molecular weight is 334 g/mol. The molecule has 1 aliphatic rings. The fourth-order valence-electron chi connectivity index (χ4n) is 2.22. The molecule has 24 heavy (non-hydrogen) atoms. The number of hydrogen-bond donors (Lipinski definition) is 0. The summed E-state index contributed by atoms with van der Waals surface area (Å²) < 4.78 is 38.1. The second-order valence-corrected chi connectivity index (χ2v) is 4.93. The zero-order chi connectivity index (χ0) is 17.0. The van der Waals surface area contributed by atoms with Crippen LogP contribution in [-0.4, -0.2) is 29.1 Å². The zero-order valence-electron chi connectivity index (χ0n) is 12.4. The second-order valence-electron chi connectivity index (χ2n) is 4.93. The molecule has 5 nitrogen and oxygen atoms in total. The van der Waals surface area contributed by atoms with Crippen LogP contribution in [0.5, 0.6) is 0 Å². The maximum atomic E-state index is 12.7. The van der Waals surface area contributed by atoms with Gasteiger partial charge in [-0.25, -0.2) is 4.98 Å². The van der Waals surface area contributed by atoms with Crippen molar-refractivity contribution in [2.45, 2.75) is 12.8 Å². The molecule has 124 valence electrons. The molecule has 2 aromatic rings. The summed E-state index contributed by atoms with van der Waals surface area (Å²) in [7, 11) is 0. The SMILES string of the molecule is FC(F)(F)ON(c1cccnc1)c1ccc(C2=CCN=CC2)cn1. The van der Waals surface area contributed by atoms with Gasteiger partial charge in [0, 0.05) is 25.0 Å². The van der Waals surface area contributed by atoms with Crippen molar-refractivity contribution in [2.75, 3.05) is 11.6 Å². The number of aliphatic imine (C=N–C) groups is 1. The van der Waals surface area contributed by atoms with Crippen LogP contribution in [0.15, 0.2) is 53.9 Å². The molecule has 0 bridgehead atoms. The molecule has 1 aliphatic heterocycles. The molecule has 0 N–H and O–H groups in total. The topological polar surface area (TPSA) is 50.6 Å². The Balaban J connectivity index is 1.89. The number of dihydropyridines is 1. The van der Waals surface area contributed by atoms with Gasteiger partial charge in [0.1, 0.15) is 0 Å². The molecule has 0 saturated heterocycles. The van der Waals surface area contributed by atoms with E-state index < -0.39 is 6.36 Å². The van der Waals surface area contributed by atoms with Gasteiger partial charge in [-0.2, -0.15) is 9.90 Å². The van der Waals surface area contributed by atoms with Gasteiger partial charge in [0.05, 0.1) is 18.4 Å². The number of anilines is 2. The fraction of sp³-hybridized carbons (Fsp3) is 0.188. The van der Waals surface area contributed by atoms with Gasteiger partial charge < -0.3 is 0 Å². The van der Waals surface area contributed by atoms with E-state index in [0.717, 1.165) is 11.1 Å². The molecule has 8 heteroatoms. The Hall–Kier alpha value is -2.74. The highest BCUT2D eigenvalue weighted by atomic mass is 19.4. The highest BCUT2D eigenvalue weighted by Crippen LogP contribution is 2.30. The van der Waals surface area contributed by atoms with E-state index in [1.54, 1.807) is 12.3 Å². The van der Waals surface area contributed by atoms with Gasteiger partial charge in [0.25, 0.3) is 0 Å². The monoisotopic (exact) mass is 334 g/mol. The number of pyridine rings is 2. The Morgan fingerprint density at radius 3 is 2.58 bits per heavy atom. The first-order valence-electron chi connectivity index (χ1n) is 7.13. The molecule has 2 aromatic heterocycles. The van der Waals surface area contributed by atoms with Crippen LogP contribution in [0.1, 0.15) is 12.0 Å². The number of alkyl halides is 3. The number of allylic oxidation sites excluding steroid dienone is 1. The van der Waals surface area contributed by atoms with Crippen LogP contribution < -0.4 is 5.06 Å². The number of hydrogen-bond acceptors (Lipinski definition) is 5. The van der Waals surface area contributed by atoms with Crippen molar-refractivity contribution in [3.05, 3.63) is 54.5 Å². The van der Waals surface area contributed by atoms with Crippen molar-refractivity contribution in [3.8, 4) is 0 Å². The molecule has 0 radical (unpaired) electrons. The van der Waals surface area contributed by atoms with E-state index in [4.69, 9.17) is 0 Å². The minimum atomic E-state index is -4.85. The van der Waals surface area contributed by atoms with E-state index in [2.05, 4.69) is 19.8 Å². The van der Waals surface area contributed by atoms with Gasteiger partial charge in [-0.15, -0.1) is 13.2 Å². The standard InChI is InChI=1S/C16H13F3N4O/c17-16(18,19)24-23(14-2-1-7-21-11-14)15-4-3-13(10-22-15)12-5-8-20-9-6-12/h1-5,7,9-11H,6,8H2. The van der Waals surface area contributed by atoms with Crippen LogP contribution in [0, 0.1) is 0 Å². The van der Waals surface area contributed by atoms with Gasteiger partial charge in [-0.05, 0) is 35.4 Å². The van der Waals surface area contributed by atoms with Crippen LogP contribution in [-0.2, 0) is 4.84 Å². The predicted molar refractivity (Wildman–Crippen MR) is 83.7 cm³/mol. The summed E-state index contributed by atoms with van der Waals surface area (Å²) in [6.45, 7) is 0.593. The van der Waals surface area contributed by atoms with Crippen LogP contribution in [0.4, 0.5) is 24.7 Å². The summed E-state index contributed by atoms with van der Waals surface area (Å²) in [6, 6.07) is 6.15. The van der Waals surface area contributed by atoms with E-state index in [-0.39, 0.29) is 11.5 Å². The molecule has 0 atom stereocenters. The molecule has 0 amide bonds. The first kappa shape index (κ1) is 16.1. The summed E-state index contributed by atoms with van der Waals surface area (Å²) in [6.07, 6.45) is 3.83. The van der Waals surface area contributed by atoms with Gasteiger partial charge in [-0.1, -0.05) is 6.08 Å². The lowest BCUT2D eigenvalue weighted by Crippen LogP contribution is -2.28. The lowest BCUT2D eigenvalue weighted by Gasteiger charge is -2.23. The van der Waals surface area contributed by atoms with Gasteiger partial charge in [0.2, 0.25) is 0 Å². The maximum absolute atomic E-state index is 12.7. The van der Waals surface area contributed by atoms with E-state index in [9.17, 15) is 13.2 Å². The van der Waals surface area contributed by atoms with Crippen LogP contribution >= 0.6 is 0 Å². The molecule has 0 aromatic carbocycles. The summed E-state index contributed by atoms with van der Waals surface area (Å²) in [5.41, 5.74) is 2.00. The minimum Gasteiger partial charge on any atom is -0.293 e. The van der Waals surface area contributed by atoms with Crippen LogP contribution in [0.2, 0.25) is 0 Å². The normalized spacial score (nSPS) is 14.4. The molecule has 0 spiro atoms. The van der Waals surface area contributed by atoms with Crippen molar-refractivity contribution in [2.24, 2.45) is 4.99 Å². The second kappa shape index (κ2) is 6.79. The average Bonchev–Trinajstić information content (AvgIpc) is 2.61. The first-order valence-corrected chi connectivity index (χ1v) is 7.13. The summed E-state index contributed by atoms with van der Waals surface area (Å²) in [4.78, 5) is 16.1. The first-order chi connectivity index (χ1) is 11.5. The van der Waals surface area contributed by atoms with E-state index in [0.29, 0.717) is 18.0 Å². The molecular formula is C16H13F3N4O. The minimum absolute atomic E-state index is 0.00847. The molecule has 0 saturated carbocycles. The Bertz CT molecular complexity index is 742. The van der Waals surface area contributed by atoms with Crippen LogP contribution in [0.3, 0.4) is 0 Å². The van der Waals surface area contributed by atoms with E-state index in [1.807, 2.05) is 6.08 Å². The number of nitrogens with zero attached hydrogens (tertiary/aromatic N) is 4. The predicted octanol–water partition coefficient (Wildman–Crippen LogP) is 3.92. The molecule has 0 aliphatic carbocycles. The smallest absolute Gasteiger partial charge is 0.293 e. The highest BCUT2D eigenvalue weighted by molar-refractivity contribution is 5.81. The van der Waals surface area contributed by atoms with Crippen molar-refractivity contribution in [1.82, 2.24) is 9.97 Å². The zero-order valence-corrected chi connectivity index (χ0v) is 12.4.